The molecule has 1 atom stereocenters. The van der Waals surface area contributed by atoms with E-state index in [1.807, 2.05) is 18.7 Å². The molecule has 2 aliphatic heterocycles. The zero-order valence-electron chi connectivity index (χ0n) is 17.6. The summed E-state index contributed by atoms with van der Waals surface area (Å²) in [4.78, 5) is 19.7. The van der Waals surface area contributed by atoms with Gasteiger partial charge in [0.1, 0.15) is 17.3 Å². The van der Waals surface area contributed by atoms with Gasteiger partial charge in [0.05, 0.1) is 5.69 Å². The Morgan fingerprint density at radius 3 is 2.67 bits per heavy atom. The summed E-state index contributed by atoms with van der Waals surface area (Å²) in [7, 11) is 0. The summed E-state index contributed by atoms with van der Waals surface area (Å²) in [6.07, 6.45) is 5.14. The fourth-order valence-electron chi connectivity index (χ4n) is 4.53. The number of carbonyl (C=O) groups excluding carboxylic acids is 1. The predicted molar refractivity (Wildman–Crippen MR) is 104 cm³/mol. The first kappa shape index (κ1) is 19.7. The molecule has 3 aliphatic rings. The number of amides is 1. The number of aryl methyl sites for hydroxylation is 1. The van der Waals surface area contributed by atoms with E-state index in [1.54, 1.807) is 0 Å². The minimum absolute atomic E-state index is 0.00803. The molecule has 162 valence electrons. The third kappa shape index (κ3) is 3.43. The highest BCUT2D eigenvalue weighted by Crippen LogP contribution is 2.43. The minimum Gasteiger partial charge on any atom is -0.370 e. The standard InChI is InChI=1S/C21H28N4O5/c1-3-28-21(20-22-18(24-30-20)15-5-4-12-27-15)8-10-25(11-9-21)19(26)16-13(2)23-29-17(16)14-6-7-14/h14-15H,3-12H2,1-2H3/t15-/m1/s1. The van der Waals surface area contributed by atoms with Crippen molar-refractivity contribution in [2.75, 3.05) is 26.3 Å². The summed E-state index contributed by atoms with van der Waals surface area (Å²) < 4.78 is 22.9. The Kier molecular flexibility index (Phi) is 5.10. The van der Waals surface area contributed by atoms with Crippen LogP contribution in [-0.4, -0.2) is 52.4 Å². The summed E-state index contributed by atoms with van der Waals surface area (Å²) in [6.45, 7) is 6.15. The molecule has 0 radical (unpaired) electrons. The summed E-state index contributed by atoms with van der Waals surface area (Å²) in [5.41, 5.74) is 0.639. The molecule has 0 spiro atoms. The highest BCUT2D eigenvalue weighted by atomic mass is 16.5. The first-order valence-electron chi connectivity index (χ1n) is 11.0. The molecule has 30 heavy (non-hydrogen) atoms. The van der Waals surface area contributed by atoms with Crippen LogP contribution in [0, 0.1) is 6.92 Å². The van der Waals surface area contributed by atoms with Gasteiger partial charge in [-0.3, -0.25) is 4.79 Å². The lowest BCUT2D eigenvalue weighted by Crippen LogP contribution is -2.47. The smallest absolute Gasteiger partial charge is 0.259 e. The predicted octanol–water partition coefficient (Wildman–Crippen LogP) is 3.26. The molecule has 3 fully saturated rings. The highest BCUT2D eigenvalue weighted by molar-refractivity contribution is 5.96. The first-order chi connectivity index (χ1) is 14.6. The number of hydrogen-bond acceptors (Lipinski definition) is 8. The van der Waals surface area contributed by atoms with Gasteiger partial charge in [-0.15, -0.1) is 0 Å². The fraction of sp³-hybridized carbons (Fsp3) is 0.714. The lowest BCUT2D eigenvalue weighted by Gasteiger charge is -2.39. The zero-order valence-corrected chi connectivity index (χ0v) is 17.6. The summed E-state index contributed by atoms with van der Waals surface area (Å²) in [5.74, 6) is 2.16. The second-order valence-corrected chi connectivity index (χ2v) is 8.46. The summed E-state index contributed by atoms with van der Waals surface area (Å²) in [5, 5.41) is 8.20. The van der Waals surface area contributed by atoms with Crippen LogP contribution in [0.25, 0.3) is 0 Å². The lowest BCUT2D eigenvalue weighted by atomic mass is 9.90. The van der Waals surface area contributed by atoms with Gasteiger partial charge in [0.15, 0.2) is 5.76 Å². The third-order valence-electron chi connectivity index (χ3n) is 6.38. The van der Waals surface area contributed by atoms with Crippen molar-refractivity contribution < 1.29 is 23.3 Å². The number of rotatable bonds is 6. The van der Waals surface area contributed by atoms with Gasteiger partial charge in [-0.25, -0.2) is 0 Å². The summed E-state index contributed by atoms with van der Waals surface area (Å²) in [6, 6.07) is 0. The molecule has 1 aliphatic carbocycles. The van der Waals surface area contributed by atoms with Crippen molar-refractivity contribution >= 4 is 5.91 Å². The molecule has 0 bridgehead atoms. The van der Waals surface area contributed by atoms with Crippen molar-refractivity contribution in [3.63, 3.8) is 0 Å². The van der Waals surface area contributed by atoms with Crippen LogP contribution >= 0.6 is 0 Å². The number of aromatic nitrogens is 3. The number of ether oxygens (including phenoxy) is 2. The fourth-order valence-corrected chi connectivity index (χ4v) is 4.53. The lowest BCUT2D eigenvalue weighted by molar-refractivity contribution is -0.0990. The van der Waals surface area contributed by atoms with E-state index < -0.39 is 5.60 Å². The monoisotopic (exact) mass is 416 g/mol. The Balaban J connectivity index is 1.32. The van der Waals surface area contributed by atoms with Gasteiger partial charge in [-0.05, 0) is 39.5 Å². The summed E-state index contributed by atoms with van der Waals surface area (Å²) >= 11 is 0. The average Bonchev–Trinajstić information content (AvgIpc) is 3.15. The maximum Gasteiger partial charge on any atom is 0.259 e. The van der Waals surface area contributed by atoms with Crippen LogP contribution in [0.1, 0.15) is 91.0 Å². The van der Waals surface area contributed by atoms with E-state index in [2.05, 4.69) is 15.3 Å². The van der Waals surface area contributed by atoms with E-state index in [4.69, 9.17) is 18.5 Å². The van der Waals surface area contributed by atoms with Crippen molar-refractivity contribution in [2.45, 2.75) is 70.0 Å². The van der Waals surface area contributed by atoms with E-state index in [1.165, 1.54) is 0 Å². The van der Waals surface area contributed by atoms with E-state index in [-0.39, 0.29) is 12.0 Å². The van der Waals surface area contributed by atoms with Gasteiger partial charge >= 0.3 is 0 Å². The molecule has 4 heterocycles. The van der Waals surface area contributed by atoms with Crippen LogP contribution in [-0.2, 0) is 15.1 Å². The molecule has 2 aromatic rings. The molecule has 0 N–H and O–H groups in total. The molecule has 1 amide bonds. The number of carbonyl (C=O) groups is 1. The molecule has 2 aromatic heterocycles. The molecule has 9 nitrogen and oxygen atoms in total. The van der Waals surface area contributed by atoms with Gasteiger partial charge in [-0.1, -0.05) is 10.3 Å². The van der Waals surface area contributed by atoms with Crippen molar-refractivity contribution in [1.82, 2.24) is 20.2 Å². The van der Waals surface area contributed by atoms with Crippen LogP contribution in [0.4, 0.5) is 0 Å². The Morgan fingerprint density at radius 1 is 1.20 bits per heavy atom. The van der Waals surface area contributed by atoms with Gasteiger partial charge in [-0.2, -0.15) is 4.98 Å². The van der Waals surface area contributed by atoms with Crippen LogP contribution in [0.2, 0.25) is 0 Å². The van der Waals surface area contributed by atoms with Crippen LogP contribution in [0.15, 0.2) is 9.05 Å². The number of hydrogen-bond donors (Lipinski definition) is 0. The zero-order chi connectivity index (χ0) is 20.7. The normalized spacial score (nSPS) is 23.8. The number of piperidine rings is 1. The minimum atomic E-state index is -0.668. The topological polar surface area (TPSA) is 104 Å². The van der Waals surface area contributed by atoms with Gasteiger partial charge < -0.3 is 23.4 Å². The maximum atomic E-state index is 13.2. The highest BCUT2D eigenvalue weighted by Gasteiger charge is 2.45. The largest absolute Gasteiger partial charge is 0.370 e. The van der Waals surface area contributed by atoms with Crippen molar-refractivity contribution in [1.29, 1.82) is 0 Å². The molecule has 5 rings (SSSR count). The number of nitrogens with zero attached hydrogens (tertiary/aromatic N) is 4. The van der Waals surface area contributed by atoms with Gasteiger partial charge in [0, 0.05) is 45.1 Å². The second kappa shape index (κ2) is 7.77. The Hall–Kier alpha value is -2.26. The Labute approximate surface area is 175 Å². The van der Waals surface area contributed by atoms with E-state index in [0.29, 0.717) is 61.4 Å². The van der Waals surface area contributed by atoms with Crippen LogP contribution in [0.3, 0.4) is 0 Å². The Bertz CT molecular complexity index is 904. The Morgan fingerprint density at radius 2 is 2.00 bits per heavy atom. The average molecular weight is 416 g/mol. The molecule has 0 unspecified atom stereocenters. The van der Waals surface area contributed by atoms with Gasteiger partial charge in [0.25, 0.3) is 11.8 Å². The second-order valence-electron chi connectivity index (χ2n) is 8.46. The molecule has 1 saturated carbocycles. The van der Waals surface area contributed by atoms with Crippen molar-refractivity contribution in [3.8, 4) is 0 Å². The van der Waals surface area contributed by atoms with Crippen molar-refractivity contribution in [2.24, 2.45) is 0 Å². The quantitative estimate of drug-likeness (QED) is 0.707. The van der Waals surface area contributed by atoms with E-state index in [9.17, 15) is 4.79 Å². The number of likely N-dealkylation sites (tertiary alicyclic amines) is 1. The molecule has 0 aromatic carbocycles. The van der Waals surface area contributed by atoms with E-state index >= 15 is 0 Å². The maximum absolute atomic E-state index is 13.2. The van der Waals surface area contributed by atoms with Crippen molar-refractivity contribution in [3.05, 3.63) is 28.7 Å². The third-order valence-corrected chi connectivity index (χ3v) is 6.38. The molecule has 9 heteroatoms. The molecule has 2 saturated heterocycles. The van der Waals surface area contributed by atoms with E-state index in [0.717, 1.165) is 38.1 Å². The van der Waals surface area contributed by atoms with Crippen LogP contribution in [0.5, 0.6) is 0 Å². The molecular formula is C21H28N4O5. The van der Waals surface area contributed by atoms with Gasteiger partial charge in [0.2, 0.25) is 5.82 Å². The first-order valence-corrected chi connectivity index (χ1v) is 11.0. The SMILES string of the molecule is CCOC1(c2nc([C@H]3CCCO3)no2)CCN(C(=O)c2c(C)noc2C2CC2)CC1. The van der Waals surface area contributed by atoms with Crippen LogP contribution < -0.4 is 0 Å². The molecular weight excluding hydrogens is 388 g/mol.